The smallest absolute Gasteiger partial charge is 0.337 e. The van der Waals surface area contributed by atoms with Crippen LogP contribution in [0.3, 0.4) is 0 Å². The summed E-state index contributed by atoms with van der Waals surface area (Å²) in [6.45, 7) is 5.27. The minimum atomic E-state index is -0.506. The molecule has 1 N–H and O–H groups in total. The van der Waals surface area contributed by atoms with Gasteiger partial charge in [0.2, 0.25) is 0 Å². The molecule has 0 unspecified atom stereocenters. The Kier molecular flexibility index (Phi) is 6.21. The largest absolute Gasteiger partial charge is 0.491 e. The number of esters is 1. The molecule has 122 valence electrons. The second-order valence-corrected chi connectivity index (χ2v) is 5.96. The zero-order valence-corrected chi connectivity index (χ0v) is 13.3. The molecular formula is C17H25NO4. The fraction of sp³-hybridized carbons (Fsp3) is 0.588. The highest BCUT2D eigenvalue weighted by Crippen LogP contribution is 2.17. The molecule has 1 atom stereocenters. The highest BCUT2D eigenvalue weighted by Gasteiger charge is 2.18. The number of β-amino-alcohol motifs (C(OH)–C–C–N with tert-alkyl or cyclic N) is 1. The van der Waals surface area contributed by atoms with E-state index < -0.39 is 6.10 Å². The van der Waals surface area contributed by atoms with Crippen LogP contribution < -0.4 is 4.74 Å². The van der Waals surface area contributed by atoms with Gasteiger partial charge >= 0.3 is 5.97 Å². The Morgan fingerprint density at radius 1 is 1.32 bits per heavy atom. The summed E-state index contributed by atoms with van der Waals surface area (Å²) < 4.78 is 10.2. The van der Waals surface area contributed by atoms with Crippen molar-refractivity contribution in [2.24, 2.45) is 5.92 Å². The van der Waals surface area contributed by atoms with Gasteiger partial charge in [-0.3, -0.25) is 0 Å². The number of carbonyl (C=O) groups excluding carboxylic acids is 1. The van der Waals surface area contributed by atoms with Gasteiger partial charge in [0, 0.05) is 6.54 Å². The third-order valence-electron chi connectivity index (χ3n) is 4.06. The van der Waals surface area contributed by atoms with Crippen LogP contribution in [0.15, 0.2) is 24.3 Å². The van der Waals surface area contributed by atoms with Gasteiger partial charge in [0.05, 0.1) is 12.7 Å². The molecule has 22 heavy (non-hydrogen) atoms. The van der Waals surface area contributed by atoms with E-state index in [-0.39, 0.29) is 12.6 Å². The number of rotatable bonds is 6. The average Bonchev–Trinajstić information content (AvgIpc) is 2.55. The quantitative estimate of drug-likeness (QED) is 0.814. The van der Waals surface area contributed by atoms with Crippen molar-refractivity contribution in [3.63, 3.8) is 0 Å². The molecule has 0 radical (unpaired) electrons. The van der Waals surface area contributed by atoms with E-state index in [9.17, 15) is 9.90 Å². The molecule has 1 saturated heterocycles. The highest BCUT2D eigenvalue weighted by atomic mass is 16.5. The molecule has 1 heterocycles. The van der Waals surface area contributed by atoms with Crippen molar-refractivity contribution < 1.29 is 19.4 Å². The Balaban J connectivity index is 1.74. The minimum absolute atomic E-state index is 0.254. The first kappa shape index (κ1) is 16.8. The fourth-order valence-corrected chi connectivity index (χ4v) is 2.59. The molecule has 2 rings (SSSR count). The summed E-state index contributed by atoms with van der Waals surface area (Å²) in [6.07, 6.45) is 1.89. The molecular weight excluding hydrogens is 282 g/mol. The van der Waals surface area contributed by atoms with Crippen molar-refractivity contribution in [1.82, 2.24) is 4.90 Å². The monoisotopic (exact) mass is 307 g/mol. The summed E-state index contributed by atoms with van der Waals surface area (Å²) in [5, 5.41) is 10.1. The van der Waals surface area contributed by atoms with Crippen molar-refractivity contribution in [3.8, 4) is 5.75 Å². The molecule has 0 spiro atoms. The van der Waals surface area contributed by atoms with E-state index in [0.29, 0.717) is 17.9 Å². The Bertz CT molecular complexity index is 466. The van der Waals surface area contributed by atoms with Crippen LogP contribution in [0.25, 0.3) is 0 Å². The summed E-state index contributed by atoms with van der Waals surface area (Å²) >= 11 is 0. The zero-order valence-electron chi connectivity index (χ0n) is 13.3. The molecule has 0 bridgehead atoms. The zero-order chi connectivity index (χ0) is 15.9. The molecule has 5 heteroatoms. The number of ether oxygens (including phenoxy) is 2. The van der Waals surface area contributed by atoms with E-state index in [1.807, 2.05) is 0 Å². The lowest BCUT2D eigenvalue weighted by Gasteiger charge is -2.31. The Morgan fingerprint density at radius 3 is 2.55 bits per heavy atom. The molecule has 1 aliphatic heterocycles. The number of carbonyl (C=O) groups is 1. The van der Waals surface area contributed by atoms with Crippen LogP contribution in [-0.2, 0) is 4.74 Å². The number of methoxy groups -OCH3 is 1. The predicted molar refractivity (Wildman–Crippen MR) is 84.1 cm³/mol. The molecule has 0 aromatic heterocycles. The Labute approximate surface area is 131 Å². The Morgan fingerprint density at radius 2 is 1.95 bits per heavy atom. The van der Waals surface area contributed by atoms with Gasteiger partial charge in [-0.05, 0) is 56.1 Å². The molecule has 0 aliphatic carbocycles. The van der Waals surface area contributed by atoms with Crippen LogP contribution in [-0.4, -0.2) is 55.4 Å². The second-order valence-electron chi connectivity index (χ2n) is 5.96. The maximum atomic E-state index is 11.3. The minimum Gasteiger partial charge on any atom is -0.491 e. The number of benzene rings is 1. The summed E-state index contributed by atoms with van der Waals surface area (Å²) in [5.74, 6) is 1.06. The van der Waals surface area contributed by atoms with Crippen LogP contribution >= 0.6 is 0 Å². The second kappa shape index (κ2) is 8.15. The van der Waals surface area contributed by atoms with E-state index in [4.69, 9.17) is 4.74 Å². The van der Waals surface area contributed by atoms with Crippen molar-refractivity contribution in [1.29, 1.82) is 0 Å². The fourth-order valence-electron chi connectivity index (χ4n) is 2.59. The highest BCUT2D eigenvalue weighted by molar-refractivity contribution is 5.89. The molecule has 1 aromatic carbocycles. The first-order valence-corrected chi connectivity index (χ1v) is 7.80. The van der Waals surface area contributed by atoms with Crippen LogP contribution in [0.5, 0.6) is 5.75 Å². The SMILES string of the molecule is COC(=O)c1ccc(OC[C@@H](O)CN2CCC(C)CC2)cc1. The standard InChI is InChI=1S/C17H25NO4/c1-13-7-9-18(10-8-13)11-15(19)12-22-16-5-3-14(4-6-16)17(20)21-2/h3-6,13,15,19H,7-12H2,1-2H3/t15-/m0/s1. The van der Waals surface area contributed by atoms with E-state index in [0.717, 1.165) is 19.0 Å². The number of aliphatic hydroxyl groups excluding tert-OH is 1. The van der Waals surface area contributed by atoms with E-state index >= 15 is 0 Å². The van der Waals surface area contributed by atoms with E-state index in [1.54, 1.807) is 24.3 Å². The van der Waals surface area contributed by atoms with Gasteiger partial charge in [-0.15, -0.1) is 0 Å². The van der Waals surface area contributed by atoms with E-state index in [1.165, 1.54) is 20.0 Å². The molecule has 5 nitrogen and oxygen atoms in total. The summed E-state index contributed by atoms with van der Waals surface area (Å²) in [5.41, 5.74) is 0.484. The third-order valence-corrected chi connectivity index (χ3v) is 4.06. The molecule has 1 aromatic rings. The van der Waals surface area contributed by atoms with Crippen LogP contribution in [0.4, 0.5) is 0 Å². The summed E-state index contributed by atoms with van der Waals surface area (Å²) in [7, 11) is 1.35. The van der Waals surface area contributed by atoms with Crippen LogP contribution in [0.1, 0.15) is 30.1 Å². The molecule has 0 amide bonds. The van der Waals surface area contributed by atoms with Gasteiger partial charge in [0.25, 0.3) is 0 Å². The summed E-state index contributed by atoms with van der Waals surface area (Å²) in [4.78, 5) is 13.6. The van der Waals surface area contributed by atoms with Crippen LogP contribution in [0.2, 0.25) is 0 Å². The summed E-state index contributed by atoms with van der Waals surface area (Å²) in [6, 6.07) is 6.72. The Hall–Kier alpha value is -1.59. The van der Waals surface area contributed by atoms with Gasteiger partial charge in [-0.1, -0.05) is 6.92 Å². The van der Waals surface area contributed by atoms with Crippen molar-refractivity contribution in [3.05, 3.63) is 29.8 Å². The van der Waals surface area contributed by atoms with Crippen molar-refractivity contribution in [2.75, 3.05) is 33.4 Å². The maximum absolute atomic E-state index is 11.3. The van der Waals surface area contributed by atoms with Crippen molar-refractivity contribution in [2.45, 2.75) is 25.9 Å². The maximum Gasteiger partial charge on any atom is 0.337 e. The van der Waals surface area contributed by atoms with E-state index in [2.05, 4.69) is 16.6 Å². The van der Waals surface area contributed by atoms with Gasteiger partial charge < -0.3 is 19.5 Å². The van der Waals surface area contributed by atoms with Crippen molar-refractivity contribution >= 4 is 5.97 Å². The predicted octanol–water partition coefficient (Wildman–Crippen LogP) is 1.94. The number of piperidine rings is 1. The lowest BCUT2D eigenvalue weighted by Crippen LogP contribution is -2.40. The molecule has 0 saturated carbocycles. The number of hydrogen-bond donors (Lipinski definition) is 1. The first-order chi connectivity index (χ1) is 10.6. The first-order valence-electron chi connectivity index (χ1n) is 7.80. The number of nitrogens with zero attached hydrogens (tertiary/aromatic N) is 1. The third kappa shape index (κ3) is 5.00. The van der Waals surface area contributed by atoms with Gasteiger partial charge in [0.15, 0.2) is 0 Å². The van der Waals surface area contributed by atoms with Gasteiger partial charge in [-0.2, -0.15) is 0 Å². The normalized spacial score (nSPS) is 18.0. The lowest BCUT2D eigenvalue weighted by molar-refractivity contribution is 0.0561. The van der Waals surface area contributed by atoms with Gasteiger partial charge in [-0.25, -0.2) is 4.79 Å². The molecule has 1 fully saturated rings. The number of hydrogen-bond acceptors (Lipinski definition) is 5. The average molecular weight is 307 g/mol. The number of likely N-dealkylation sites (tertiary alicyclic amines) is 1. The van der Waals surface area contributed by atoms with Gasteiger partial charge in [0.1, 0.15) is 18.5 Å². The van der Waals surface area contributed by atoms with Crippen LogP contribution in [0, 0.1) is 5.92 Å². The lowest BCUT2D eigenvalue weighted by atomic mass is 9.99. The molecule has 1 aliphatic rings. The number of aliphatic hydroxyl groups is 1. The topological polar surface area (TPSA) is 59.0 Å².